The second kappa shape index (κ2) is 6.23. The van der Waals surface area contributed by atoms with Crippen LogP contribution in [0.15, 0.2) is 36.4 Å². The Morgan fingerprint density at radius 2 is 2.00 bits per heavy atom. The van der Waals surface area contributed by atoms with Gasteiger partial charge in [-0.2, -0.15) is 0 Å². The summed E-state index contributed by atoms with van der Waals surface area (Å²) in [5.41, 5.74) is 1.19. The lowest BCUT2D eigenvalue weighted by atomic mass is 9.94. The van der Waals surface area contributed by atoms with E-state index in [9.17, 15) is 4.79 Å². The lowest BCUT2D eigenvalue weighted by Gasteiger charge is -2.40. The fourth-order valence-corrected chi connectivity index (χ4v) is 3.53. The molecule has 0 radical (unpaired) electrons. The Morgan fingerprint density at radius 1 is 1.29 bits per heavy atom. The monoisotopic (exact) mass is 303 g/mol. The van der Waals surface area contributed by atoms with E-state index in [2.05, 4.69) is 24.0 Å². The summed E-state index contributed by atoms with van der Waals surface area (Å²) in [5, 5.41) is 0.746. The zero-order valence-electron chi connectivity index (χ0n) is 12.5. The third-order valence-electron chi connectivity index (χ3n) is 4.57. The Bertz CT molecular complexity index is 533. The topological polar surface area (TPSA) is 20.3 Å². The molecule has 2 atom stereocenters. The number of carbonyl (C=O) groups excluding carboxylic acids is 1. The molecule has 3 rings (SSSR count). The van der Waals surface area contributed by atoms with Crippen LogP contribution in [0.2, 0.25) is 5.02 Å². The molecule has 3 heteroatoms. The third-order valence-corrected chi connectivity index (χ3v) is 4.82. The van der Waals surface area contributed by atoms with Gasteiger partial charge in [0.1, 0.15) is 0 Å². The van der Waals surface area contributed by atoms with Crippen LogP contribution in [-0.4, -0.2) is 16.8 Å². The fourth-order valence-electron chi connectivity index (χ4n) is 3.41. The number of carbonyl (C=O) groups is 1. The number of nitrogens with zero attached hydrogens (tertiary/aromatic N) is 1. The smallest absolute Gasteiger partial charge is 0.247 e. The lowest BCUT2D eigenvalue weighted by molar-refractivity contribution is -0.132. The van der Waals surface area contributed by atoms with Crippen molar-refractivity contribution in [1.82, 2.24) is 4.90 Å². The highest BCUT2D eigenvalue weighted by Gasteiger charge is 2.40. The van der Waals surface area contributed by atoms with Gasteiger partial charge in [-0.15, -0.1) is 0 Å². The Labute approximate surface area is 131 Å². The molecule has 0 N–H and O–H groups in total. The van der Waals surface area contributed by atoms with Crippen molar-refractivity contribution in [2.24, 2.45) is 5.92 Å². The predicted octanol–water partition coefficient (Wildman–Crippen LogP) is 4.75. The third kappa shape index (κ3) is 3.16. The van der Waals surface area contributed by atoms with Crippen LogP contribution in [0.4, 0.5) is 0 Å². The molecule has 0 aromatic heterocycles. The number of halogens is 1. The summed E-state index contributed by atoms with van der Waals surface area (Å²) >= 11 is 5.99. The van der Waals surface area contributed by atoms with Crippen LogP contribution in [0.1, 0.15) is 50.6 Å². The summed E-state index contributed by atoms with van der Waals surface area (Å²) in [6.07, 6.45) is 9.43. The molecule has 1 aromatic rings. The predicted molar refractivity (Wildman–Crippen MR) is 86.2 cm³/mol. The molecule has 1 heterocycles. The Hall–Kier alpha value is -1.28. The van der Waals surface area contributed by atoms with Gasteiger partial charge in [-0.1, -0.05) is 43.2 Å². The van der Waals surface area contributed by atoms with E-state index in [1.165, 1.54) is 18.4 Å². The summed E-state index contributed by atoms with van der Waals surface area (Å²) in [4.78, 5) is 14.6. The molecule has 0 bridgehead atoms. The van der Waals surface area contributed by atoms with Crippen LogP contribution in [0.3, 0.4) is 0 Å². The van der Waals surface area contributed by atoms with E-state index in [0.717, 1.165) is 24.3 Å². The van der Waals surface area contributed by atoms with Gasteiger partial charge in [-0.25, -0.2) is 0 Å². The van der Waals surface area contributed by atoms with Crippen LogP contribution < -0.4 is 0 Å². The van der Waals surface area contributed by atoms with Crippen LogP contribution in [0, 0.1) is 5.92 Å². The Kier molecular flexibility index (Phi) is 4.34. The second-order valence-electron chi connectivity index (χ2n) is 6.14. The van der Waals surface area contributed by atoms with Crippen molar-refractivity contribution in [1.29, 1.82) is 0 Å². The summed E-state index contributed by atoms with van der Waals surface area (Å²) in [6.45, 7) is 2.21. The molecule has 1 fully saturated rings. The van der Waals surface area contributed by atoms with Crippen molar-refractivity contribution in [3.8, 4) is 0 Å². The minimum atomic E-state index is 0.164. The molecule has 21 heavy (non-hydrogen) atoms. The average molecular weight is 304 g/mol. The normalized spacial score (nSPS) is 23.4. The van der Waals surface area contributed by atoms with Crippen LogP contribution in [0.25, 0.3) is 0 Å². The van der Waals surface area contributed by atoms with Gasteiger partial charge >= 0.3 is 0 Å². The summed E-state index contributed by atoms with van der Waals surface area (Å²) in [5.74, 6) is 0.877. The number of hydrogen-bond acceptors (Lipinski definition) is 1. The van der Waals surface area contributed by atoms with E-state index in [-0.39, 0.29) is 11.9 Å². The Morgan fingerprint density at radius 3 is 2.62 bits per heavy atom. The maximum Gasteiger partial charge on any atom is 0.247 e. The van der Waals surface area contributed by atoms with Gasteiger partial charge in [0.25, 0.3) is 0 Å². The standard InChI is InChI=1S/C18H22ClNO/c1-2-4-16(13-7-8-13)20-17(5-3-6-18(20)21)14-9-11-15(19)12-10-14/h3,6,9-13,16-17H,2,4-5,7-8H2,1H3/t16?,17-/m0/s1. The first-order valence-electron chi connectivity index (χ1n) is 7.95. The van der Waals surface area contributed by atoms with E-state index >= 15 is 0 Å². The number of benzene rings is 1. The molecule has 0 spiro atoms. The molecule has 1 amide bonds. The van der Waals surface area contributed by atoms with Gasteiger partial charge in [0.05, 0.1) is 6.04 Å². The van der Waals surface area contributed by atoms with E-state index in [1.54, 1.807) is 6.08 Å². The van der Waals surface area contributed by atoms with Gasteiger partial charge in [-0.3, -0.25) is 4.79 Å². The second-order valence-corrected chi connectivity index (χ2v) is 6.58. The molecule has 2 nitrogen and oxygen atoms in total. The van der Waals surface area contributed by atoms with Crippen molar-refractivity contribution >= 4 is 17.5 Å². The van der Waals surface area contributed by atoms with Gasteiger partial charge in [-0.05, 0) is 55.4 Å². The molecule has 1 aromatic carbocycles. The van der Waals surface area contributed by atoms with Crippen molar-refractivity contribution in [2.75, 3.05) is 0 Å². The maximum absolute atomic E-state index is 12.5. The lowest BCUT2D eigenvalue weighted by Crippen LogP contribution is -2.44. The first-order chi connectivity index (χ1) is 10.2. The molecule has 1 aliphatic carbocycles. The number of hydrogen-bond donors (Lipinski definition) is 0. The molecule has 1 aliphatic heterocycles. The van der Waals surface area contributed by atoms with Crippen LogP contribution >= 0.6 is 11.6 Å². The van der Waals surface area contributed by atoms with Gasteiger partial charge in [0.15, 0.2) is 0 Å². The zero-order chi connectivity index (χ0) is 14.8. The minimum absolute atomic E-state index is 0.164. The highest BCUT2D eigenvalue weighted by molar-refractivity contribution is 6.30. The highest BCUT2D eigenvalue weighted by atomic mass is 35.5. The summed E-state index contributed by atoms with van der Waals surface area (Å²) in [7, 11) is 0. The van der Waals surface area contributed by atoms with Crippen LogP contribution in [0.5, 0.6) is 0 Å². The van der Waals surface area contributed by atoms with Gasteiger partial charge in [0.2, 0.25) is 5.91 Å². The van der Waals surface area contributed by atoms with E-state index in [4.69, 9.17) is 11.6 Å². The molecular weight excluding hydrogens is 282 g/mol. The molecule has 1 unspecified atom stereocenters. The van der Waals surface area contributed by atoms with Crippen molar-refractivity contribution in [3.05, 3.63) is 47.0 Å². The first kappa shape index (κ1) is 14.6. The van der Waals surface area contributed by atoms with Crippen molar-refractivity contribution in [3.63, 3.8) is 0 Å². The van der Waals surface area contributed by atoms with Gasteiger partial charge < -0.3 is 4.90 Å². The summed E-state index contributed by atoms with van der Waals surface area (Å²) < 4.78 is 0. The Balaban J connectivity index is 1.90. The molecule has 0 saturated heterocycles. The van der Waals surface area contributed by atoms with E-state index < -0.39 is 0 Å². The van der Waals surface area contributed by atoms with Gasteiger partial charge in [0, 0.05) is 11.1 Å². The average Bonchev–Trinajstić information content (AvgIpc) is 3.31. The summed E-state index contributed by atoms with van der Waals surface area (Å²) in [6, 6.07) is 8.52. The van der Waals surface area contributed by atoms with Crippen molar-refractivity contribution < 1.29 is 4.79 Å². The zero-order valence-corrected chi connectivity index (χ0v) is 13.2. The molecular formula is C18H22ClNO. The van der Waals surface area contributed by atoms with E-state index in [0.29, 0.717) is 12.0 Å². The van der Waals surface area contributed by atoms with E-state index in [1.807, 2.05) is 18.2 Å². The SMILES string of the molecule is CCCC(C1CC1)N1C(=O)C=CC[C@H]1c1ccc(Cl)cc1. The van der Waals surface area contributed by atoms with Crippen molar-refractivity contribution in [2.45, 2.75) is 51.1 Å². The first-order valence-corrected chi connectivity index (χ1v) is 8.32. The molecule has 1 saturated carbocycles. The minimum Gasteiger partial charge on any atom is -0.329 e. The van der Waals surface area contributed by atoms with Crippen LogP contribution in [-0.2, 0) is 4.79 Å². The highest BCUT2D eigenvalue weighted by Crippen LogP contribution is 2.42. The molecule has 112 valence electrons. The number of amides is 1. The maximum atomic E-state index is 12.5. The number of rotatable bonds is 5. The molecule has 2 aliphatic rings. The largest absolute Gasteiger partial charge is 0.329 e. The quantitative estimate of drug-likeness (QED) is 0.769. The fraction of sp³-hybridized carbons (Fsp3) is 0.500.